The van der Waals surface area contributed by atoms with Crippen LogP contribution in [0, 0.1) is 5.92 Å². The molecule has 0 radical (unpaired) electrons. The van der Waals surface area contributed by atoms with Gasteiger partial charge in [-0.05, 0) is 37.8 Å². The van der Waals surface area contributed by atoms with Crippen LogP contribution in [0.15, 0.2) is 24.4 Å². The number of aromatic nitrogens is 1. The molecule has 16 heavy (non-hydrogen) atoms. The number of hydrogen-bond donors (Lipinski definition) is 0. The van der Waals surface area contributed by atoms with E-state index in [1.165, 1.54) is 32.1 Å². The molecule has 1 aromatic rings. The van der Waals surface area contributed by atoms with Crippen molar-refractivity contribution in [1.82, 2.24) is 4.98 Å². The van der Waals surface area contributed by atoms with Crippen molar-refractivity contribution in [2.45, 2.75) is 45.1 Å². The zero-order valence-electron chi connectivity index (χ0n) is 10.1. The summed E-state index contributed by atoms with van der Waals surface area (Å²) in [5.74, 6) is 0.670. The third-order valence-electron chi connectivity index (χ3n) is 3.40. The Morgan fingerprint density at radius 1 is 1.31 bits per heavy atom. The molecule has 2 heteroatoms. The van der Waals surface area contributed by atoms with E-state index in [2.05, 4.69) is 24.0 Å². The second-order valence-electron chi connectivity index (χ2n) is 4.53. The first-order valence-corrected chi connectivity index (χ1v) is 6.44. The molecule has 1 atom stereocenters. The van der Waals surface area contributed by atoms with Crippen molar-refractivity contribution in [2.75, 3.05) is 6.61 Å². The molecule has 0 bridgehead atoms. The van der Waals surface area contributed by atoms with Gasteiger partial charge in [0.2, 0.25) is 0 Å². The maximum Gasteiger partial charge on any atom is 0.102 e. The zero-order chi connectivity index (χ0) is 11.2. The van der Waals surface area contributed by atoms with Crippen LogP contribution in [0.4, 0.5) is 0 Å². The minimum atomic E-state index is 0.214. The molecular weight excluding hydrogens is 198 g/mol. The van der Waals surface area contributed by atoms with E-state index in [-0.39, 0.29) is 6.10 Å². The monoisotopic (exact) mass is 219 g/mol. The van der Waals surface area contributed by atoms with Crippen molar-refractivity contribution in [1.29, 1.82) is 0 Å². The molecule has 1 saturated carbocycles. The SMILES string of the molecule is CCOC(c1ccccn1)C1CCCCC1. The summed E-state index contributed by atoms with van der Waals surface area (Å²) in [6.07, 6.45) is 8.75. The lowest BCUT2D eigenvalue weighted by Crippen LogP contribution is -2.20. The van der Waals surface area contributed by atoms with E-state index in [0.29, 0.717) is 5.92 Å². The maximum absolute atomic E-state index is 5.90. The van der Waals surface area contributed by atoms with E-state index in [1.807, 2.05) is 12.3 Å². The van der Waals surface area contributed by atoms with E-state index in [0.717, 1.165) is 12.3 Å². The van der Waals surface area contributed by atoms with Gasteiger partial charge in [-0.1, -0.05) is 25.3 Å². The Kier molecular flexibility index (Phi) is 4.34. The van der Waals surface area contributed by atoms with Gasteiger partial charge in [-0.2, -0.15) is 0 Å². The minimum Gasteiger partial charge on any atom is -0.372 e. The molecule has 0 spiro atoms. The second-order valence-corrected chi connectivity index (χ2v) is 4.53. The Balaban J connectivity index is 2.09. The van der Waals surface area contributed by atoms with Crippen LogP contribution < -0.4 is 0 Å². The zero-order valence-corrected chi connectivity index (χ0v) is 10.1. The Bertz CT molecular complexity index is 293. The van der Waals surface area contributed by atoms with Crippen molar-refractivity contribution >= 4 is 0 Å². The van der Waals surface area contributed by atoms with Crippen LogP contribution in [0.2, 0.25) is 0 Å². The summed E-state index contributed by atoms with van der Waals surface area (Å²) in [4.78, 5) is 4.45. The molecular formula is C14H21NO. The topological polar surface area (TPSA) is 22.1 Å². The Morgan fingerprint density at radius 2 is 2.12 bits per heavy atom. The molecule has 1 aromatic heterocycles. The lowest BCUT2D eigenvalue weighted by molar-refractivity contribution is 0.00285. The summed E-state index contributed by atoms with van der Waals surface area (Å²) in [7, 11) is 0. The fourth-order valence-electron chi connectivity index (χ4n) is 2.62. The maximum atomic E-state index is 5.90. The molecule has 1 heterocycles. The lowest BCUT2D eigenvalue weighted by Gasteiger charge is -2.29. The van der Waals surface area contributed by atoms with E-state index >= 15 is 0 Å². The standard InChI is InChI=1S/C14H21NO/c1-2-16-14(12-8-4-3-5-9-12)13-10-6-7-11-15-13/h6-7,10-12,14H,2-5,8-9H2,1H3. The molecule has 0 N–H and O–H groups in total. The van der Waals surface area contributed by atoms with Gasteiger partial charge in [0.05, 0.1) is 5.69 Å². The van der Waals surface area contributed by atoms with Crippen molar-refractivity contribution in [3.05, 3.63) is 30.1 Å². The first-order valence-electron chi connectivity index (χ1n) is 6.44. The van der Waals surface area contributed by atoms with Gasteiger partial charge in [-0.15, -0.1) is 0 Å². The average molecular weight is 219 g/mol. The summed E-state index contributed by atoms with van der Waals surface area (Å²) < 4.78 is 5.90. The van der Waals surface area contributed by atoms with Crippen LogP contribution in [0.5, 0.6) is 0 Å². The quantitative estimate of drug-likeness (QED) is 0.769. The minimum absolute atomic E-state index is 0.214. The summed E-state index contributed by atoms with van der Waals surface area (Å²) >= 11 is 0. The first kappa shape index (κ1) is 11.6. The molecule has 1 fully saturated rings. The molecule has 0 saturated heterocycles. The largest absolute Gasteiger partial charge is 0.372 e. The highest BCUT2D eigenvalue weighted by atomic mass is 16.5. The van der Waals surface area contributed by atoms with Gasteiger partial charge < -0.3 is 4.74 Å². The van der Waals surface area contributed by atoms with Gasteiger partial charge in [0.15, 0.2) is 0 Å². The number of ether oxygens (including phenoxy) is 1. The number of pyridine rings is 1. The Hall–Kier alpha value is -0.890. The Morgan fingerprint density at radius 3 is 2.75 bits per heavy atom. The third-order valence-corrected chi connectivity index (χ3v) is 3.40. The van der Waals surface area contributed by atoms with Crippen molar-refractivity contribution in [3.63, 3.8) is 0 Å². The van der Waals surface area contributed by atoms with Gasteiger partial charge in [0.1, 0.15) is 6.10 Å². The lowest BCUT2D eigenvalue weighted by atomic mass is 9.84. The van der Waals surface area contributed by atoms with Crippen molar-refractivity contribution in [2.24, 2.45) is 5.92 Å². The summed E-state index contributed by atoms with van der Waals surface area (Å²) in [5, 5.41) is 0. The molecule has 1 aliphatic carbocycles. The normalized spacial score (nSPS) is 19.6. The highest BCUT2D eigenvalue weighted by molar-refractivity contribution is 5.08. The van der Waals surface area contributed by atoms with E-state index in [9.17, 15) is 0 Å². The Labute approximate surface area is 98.0 Å². The molecule has 2 rings (SSSR count). The van der Waals surface area contributed by atoms with Crippen LogP contribution in [0.3, 0.4) is 0 Å². The molecule has 0 aromatic carbocycles. The molecule has 1 unspecified atom stereocenters. The average Bonchev–Trinajstić information content (AvgIpc) is 2.38. The van der Waals surface area contributed by atoms with Crippen LogP contribution in [0.1, 0.15) is 50.8 Å². The van der Waals surface area contributed by atoms with E-state index in [1.54, 1.807) is 0 Å². The number of rotatable bonds is 4. The van der Waals surface area contributed by atoms with Crippen LogP contribution in [0.25, 0.3) is 0 Å². The molecule has 88 valence electrons. The van der Waals surface area contributed by atoms with Gasteiger partial charge >= 0.3 is 0 Å². The smallest absolute Gasteiger partial charge is 0.102 e. The predicted molar refractivity (Wildman–Crippen MR) is 65.2 cm³/mol. The van der Waals surface area contributed by atoms with Gasteiger partial charge in [-0.3, -0.25) is 4.98 Å². The molecule has 1 aliphatic rings. The van der Waals surface area contributed by atoms with Crippen LogP contribution in [-0.2, 0) is 4.74 Å². The van der Waals surface area contributed by atoms with Gasteiger partial charge in [-0.25, -0.2) is 0 Å². The number of nitrogens with zero attached hydrogens (tertiary/aromatic N) is 1. The van der Waals surface area contributed by atoms with Crippen molar-refractivity contribution in [3.8, 4) is 0 Å². The van der Waals surface area contributed by atoms with E-state index < -0.39 is 0 Å². The molecule has 0 aliphatic heterocycles. The van der Waals surface area contributed by atoms with Gasteiger partial charge in [0.25, 0.3) is 0 Å². The summed E-state index contributed by atoms with van der Waals surface area (Å²) in [5.41, 5.74) is 1.11. The second kappa shape index (κ2) is 6.00. The third kappa shape index (κ3) is 2.82. The van der Waals surface area contributed by atoms with Crippen LogP contribution in [-0.4, -0.2) is 11.6 Å². The van der Waals surface area contributed by atoms with Crippen LogP contribution >= 0.6 is 0 Å². The molecule has 2 nitrogen and oxygen atoms in total. The number of hydrogen-bond acceptors (Lipinski definition) is 2. The fraction of sp³-hybridized carbons (Fsp3) is 0.643. The summed E-state index contributed by atoms with van der Waals surface area (Å²) in [6, 6.07) is 6.11. The van der Waals surface area contributed by atoms with E-state index in [4.69, 9.17) is 4.74 Å². The first-order chi connectivity index (χ1) is 7.92. The predicted octanol–water partition coefficient (Wildman–Crippen LogP) is 3.74. The summed E-state index contributed by atoms with van der Waals surface area (Å²) in [6.45, 7) is 2.84. The highest BCUT2D eigenvalue weighted by Crippen LogP contribution is 2.35. The fourth-order valence-corrected chi connectivity index (χ4v) is 2.62. The molecule has 0 amide bonds. The van der Waals surface area contributed by atoms with Crippen molar-refractivity contribution < 1.29 is 4.74 Å². The highest BCUT2D eigenvalue weighted by Gasteiger charge is 2.26. The van der Waals surface area contributed by atoms with Gasteiger partial charge in [0, 0.05) is 12.8 Å².